The van der Waals surface area contributed by atoms with E-state index in [2.05, 4.69) is 4.98 Å². The molecule has 0 saturated carbocycles. The predicted molar refractivity (Wildman–Crippen MR) is 77.4 cm³/mol. The molecule has 0 spiro atoms. The van der Waals surface area contributed by atoms with Gasteiger partial charge in [0, 0.05) is 5.69 Å². The monoisotopic (exact) mass is 291 g/mol. The molecule has 0 aliphatic heterocycles. The van der Waals surface area contributed by atoms with E-state index in [4.69, 9.17) is 10.5 Å². The Morgan fingerprint density at radius 1 is 1.52 bits per heavy atom. The Morgan fingerprint density at radius 3 is 2.95 bits per heavy atom. The molecule has 1 aromatic heterocycles. The smallest absolute Gasteiger partial charge is 0.359 e. The third kappa shape index (κ3) is 3.21. The van der Waals surface area contributed by atoms with Crippen molar-refractivity contribution in [3.8, 4) is 0 Å². The maximum absolute atomic E-state index is 13.8. The fourth-order valence-corrected chi connectivity index (χ4v) is 2.06. The van der Waals surface area contributed by atoms with E-state index in [9.17, 15) is 9.18 Å². The topological polar surface area (TPSA) is 70.1 Å². The summed E-state index contributed by atoms with van der Waals surface area (Å²) in [6.45, 7) is 3.96. The Kier molecular flexibility index (Phi) is 4.57. The van der Waals surface area contributed by atoms with E-state index in [1.54, 1.807) is 12.1 Å². The summed E-state index contributed by atoms with van der Waals surface area (Å²) in [4.78, 5) is 15.5. The van der Waals surface area contributed by atoms with Crippen LogP contribution in [-0.4, -0.2) is 22.1 Å². The van der Waals surface area contributed by atoms with Crippen molar-refractivity contribution in [2.45, 2.75) is 26.3 Å². The lowest BCUT2D eigenvalue weighted by Crippen LogP contribution is -2.17. The molecular weight excluding hydrogens is 273 g/mol. The Bertz CT molecular complexity index is 640. The van der Waals surface area contributed by atoms with E-state index >= 15 is 0 Å². The van der Waals surface area contributed by atoms with Crippen molar-refractivity contribution in [3.63, 3.8) is 0 Å². The van der Waals surface area contributed by atoms with Gasteiger partial charge in [-0.3, -0.25) is 0 Å². The number of hydrogen-bond acceptors (Lipinski definition) is 4. The maximum atomic E-state index is 13.8. The fourth-order valence-electron chi connectivity index (χ4n) is 2.06. The molecule has 6 heteroatoms. The number of esters is 1. The van der Waals surface area contributed by atoms with Crippen LogP contribution in [0, 0.1) is 5.95 Å². The van der Waals surface area contributed by atoms with Gasteiger partial charge in [0.1, 0.15) is 0 Å². The minimum absolute atomic E-state index is 0.168. The highest BCUT2D eigenvalue weighted by Crippen LogP contribution is 2.23. The molecule has 112 valence electrons. The molecule has 2 N–H and O–H groups in total. The molecule has 0 bridgehead atoms. The van der Waals surface area contributed by atoms with Crippen LogP contribution in [0.4, 0.5) is 10.1 Å². The largest absolute Gasteiger partial charge is 0.461 e. The lowest BCUT2D eigenvalue weighted by atomic mass is 10.1. The number of nitrogens with zero attached hydrogens (tertiary/aromatic N) is 2. The van der Waals surface area contributed by atoms with Crippen molar-refractivity contribution in [1.82, 2.24) is 9.55 Å². The van der Waals surface area contributed by atoms with Crippen LogP contribution in [0.2, 0.25) is 0 Å². The summed E-state index contributed by atoms with van der Waals surface area (Å²) < 4.78 is 20.2. The summed E-state index contributed by atoms with van der Waals surface area (Å²) >= 11 is 0. The highest BCUT2D eigenvalue weighted by Gasteiger charge is 2.23. The van der Waals surface area contributed by atoms with Gasteiger partial charge in [-0.15, -0.1) is 0 Å². The van der Waals surface area contributed by atoms with Crippen LogP contribution in [-0.2, 0) is 4.74 Å². The van der Waals surface area contributed by atoms with Crippen LogP contribution in [0.5, 0.6) is 0 Å². The third-order valence-corrected chi connectivity index (χ3v) is 3.19. The van der Waals surface area contributed by atoms with Crippen molar-refractivity contribution < 1.29 is 13.9 Å². The molecule has 0 unspecified atom stereocenters. The molecule has 21 heavy (non-hydrogen) atoms. The Labute approximate surface area is 122 Å². The molecule has 1 heterocycles. The molecule has 0 saturated heterocycles. The van der Waals surface area contributed by atoms with Crippen LogP contribution >= 0.6 is 0 Å². The van der Waals surface area contributed by atoms with Gasteiger partial charge in [0.05, 0.1) is 19.0 Å². The van der Waals surface area contributed by atoms with Crippen molar-refractivity contribution >= 4 is 11.7 Å². The van der Waals surface area contributed by atoms with Crippen molar-refractivity contribution in [1.29, 1.82) is 0 Å². The second-order valence-corrected chi connectivity index (χ2v) is 4.77. The van der Waals surface area contributed by atoms with Gasteiger partial charge in [0.15, 0.2) is 5.69 Å². The summed E-state index contributed by atoms with van der Waals surface area (Å²) in [6.07, 6.45) is 1.97. The molecule has 5 nitrogen and oxygen atoms in total. The minimum atomic E-state index is -0.827. The normalized spacial score (nSPS) is 12.1. The lowest BCUT2D eigenvalue weighted by Gasteiger charge is -2.16. The number of rotatable bonds is 5. The van der Waals surface area contributed by atoms with E-state index in [1.165, 1.54) is 10.9 Å². The van der Waals surface area contributed by atoms with Gasteiger partial charge in [-0.1, -0.05) is 19.1 Å². The number of carbonyl (C=O) groups excluding carboxylic acids is 1. The van der Waals surface area contributed by atoms with Gasteiger partial charge in [0.25, 0.3) is 0 Å². The first kappa shape index (κ1) is 15.0. The first-order valence-corrected chi connectivity index (χ1v) is 6.79. The number of ether oxygens (including phenoxy) is 1. The molecule has 0 aliphatic carbocycles. The Morgan fingerprint density at radius 2 is 2.29 bits per heavy atom. The van der Waals surface area contributed by atoms with Crippen LogP contribution in [0.25, 0.3) is 0 Å². The molecule has 2 aromatic rings. The average Bonchev–Trinajstić information content (AvgIpc) is 2.85. The van der Waals surface area contributed by atoms with Gasteiger partial charge in [-0.25, -0.2) is 9.78 Å². The molecule has 1 aromatic carbocycles. The van der Waals surface area contributed by atoms with Crippen molar-refractivity contribution in [2.24, 2.45) is 0 Å². The molecule has 0 aliphatic rings. The van der Waals surface area contributed by atoms with E-state index in [-0.39, 0.29) is 18.3 Å². The van der Waals surface area contributed by atoms with Crippen molar-refractivity contribution in [3.05, 3.63) is 47.8 Å². The van der Waals surface area contributed by atoms with Crippen LogP contribution in [0.3, 0.4) is 0 Å². The zero-order valence-corrected chi connectivity index (χ0v) is 12.0. The number of nitrogens with two attached hydrogens (primary N) is 1. The summed E-state index contributed by atoms with van der Waals surface area (Å²) in [5.41, 5.74) is 7.05. The number of carbonyl (C=O) groups is 1. The number of halogens is 1. The number of benzene rings is 1. The average molecular weight is 291 g/mol. The maximum Gasteiger partial charge on any atom is 0.359 e. The van der Waals surface area contributed by atoms with Gasteiger partial charge < -0.3 is 15.0 Å². The van der Waals surface area contributed by atoms with Gasteiger partial charge in [-0.05, 0) is 31.0 Å². The van der Waals surface area contributed by atoms with Gasteiger partial charge in [0.2, 0.25) is 5.95 Å². The standard InChI is InChI=1S/C15H18FN3O2/c1-3-7-21-15(20)13-14(16)18-9-19(13)10(2)11-5-4-6-12(17)8-11/h4-6,8-10H,3,7,17H2,1-2H3/t10-/m1/s1. The SMILES string of the molecule is CCCOC(=O)c1c(F)ncn1[C@H](C)c1cccc(N)c1. The summed E-state index contributed by atoms with van der Waals surface area (Å²) in [5, 5.41) is 0. The number of aromatic nitrogens is 2. The molecule has 0 amide bonds. The second-order valence-electron chi connectivity index (χ2n) is 4.77. The van der Waals surface area contributed by atoms with E-state index < -0.39 is 11.9 Å². The van der Waals surface area contributed by atoms with Gasteiger partial charge in [-0.2, -0.15) is 4.39 Å². The summed E-state index contributed by atoms with van der Waals surface area (Å²) in [7, 11) is 0. The summed E-state index contributed by atoms with van der Waals surface area (Å²) in [5.74, 6) is -1.53. The summed E-state index contributed by atoms with van der Waals surface area (Å²) in [6, 6.07) is 6.93. The number of imidazole rings is 1. The van der Waals surface area contributed by atoms with Crippen LogP contribution in [0.15, 0.2) is 30.6 Å². The molecular formula is C15H18FN3O2. The molecule has 2 rings (SSSR count). The second kappa shape index (κ2) is 6.39. The molecule has 0 radical (unpaired) electrons. The quantitative estimate of drug-likeness (QED) is 0.679. The molecule has 1 atom stereocenters. The highest BCUT2D eigenvalue weighted by molar-refractivity contribution is 5.87. The zero-order valence-electron chi connectivity index (χ0n) is 12.0. The van der Waals surface area contributed by atoms with E-state index in [1.807, 2.05) is 26.0 Å². The van der Waals surface area contributed by atoms with Crippen molar-refractivity contribution in [2.75, 3.05) is 12.3 Å². The number of hydrogen-bond donors (Lipinski definition) is 1. The first-order valence-electron chi connectivity index (χ1n) is 6.79. The first-order chi connectivity index (χ1) is 10.0. The number of anilines is 1. The van der Waals surface area contributed by atoms with E-state index in [0.717, 1.165) is 5.56 Å². The molecule has 0 fully saturated rings. The fraction of sp³-hybridized carbons (Fsp3) is 0.333. The predicted octanol–water partition coefficient (Wildman–Crippen LogP) is 2.78. The Balaban J connectivity index is 2.34. The third-order valence-electron chi connectivity index (χ3n) is 3.19. The lowest BCUT2D eigenvalue weighted by molar-refractivity contribution is 0.0485. The van der Waals surface area contributed by atoms with E-state index in [0.29, 0.717) is 12.1 Å². The number of nitrogen functional groups attached to an aromatic ring is 1. The highest BCUT2D eigenvalue weighted by atomic mass is 19.1. The van der Waals surface area contributed by atoms with Gasteiger partial charge >= 0.3 is 5.97 Å². The van der Waals surface area contributed by atoms with Crippen LogP contribution < -0.4 is 5.73 Å². The zero-order chi connectivity index (χ0) is 15.4. The Hall–Kier alpha value is -2.37. The van der Waals surface area contributed by atoms with Crippen LogP contribution in [0.1, 0.15) is 42.4 Å². The minimum Gasteiger partial charge on any atom is -0.461 e.